The van der Waals surface area contributed by atoms with Crippen molar-refractivity contribution in [2.24, 2.45) is 0 Å². The van der Waals surface area contributed by atoms with Crippen LogP contribution in [0.5, 0.6) is 0 Å². The number of oxazole rings is 1. The van der Waals surface area contributed by atoms with E-state index in [0.717, 1.165) is 40.6 Å². The molecule has 1 amide bonds. The zero-order valence-electron chi connectivity index (χ0n) is 12.9. The van der Waals surface area contributed by atoms with Crippen LogP contribution in [0.2, 0.25) is 0 Å². The monoisotopic (exact) mass is 385 g/mol. The maximum Gasteiger partial charge on any atom is 0.299 e. The number of nitrogens with one attached hydrogen (secondary N) is 1. The molecule has 1 fully saturated rings. The summed E-state index contributed by atoms with van der Waals surface area (Å²) in [5, 5.41) is 2.99. The Morgan fingerprint density at radius 1 is 1.21 bits per heavy atom. The molecule has 1 N–H and O–H groups in total. The maximum atomic E-state index is 12.7. The minimum absolute atomic E-state index is 0.0401. The largest absolute Gasteiger partial charge is 0.423 e. The minimum atomic E-state index is -0.273. The van der Waals surface area contributed by atoms with Crippen LogP contribution in [0.15, 0.2) is 57.4 Å². The quantitative estimate of drug-likeness (QED) is 0.733. The van der Waals surface area contributed by atoms with Crippen LogP contribution in [0.25, 0.3) is 11.1 Å². The Labute approximate surface area is 147 Å². The van der Waals surface area contributed by atoms with E-state index in [-0.39, 0.29) is 11.9 Å². The molecule has 4 rings (SSSR count). The Morgan fingerprint density at radius 2 is 2.00 bits per heavy atom. The van der Waals surface area contributed by atoms with Gasteiger partial charge >= 0.3 is 0 Å². The number of nitrogens with zero attached hydrogens (tertiary/aromatic N) is 2. The van der Waals surface area contributed by atoms with Crippen molar-refractivity contribution in [3.05, 3.63) is 53.0 Å². The van der Waals surface area contributed by atoms with Gasteiger partial charge in [-0.1, -0.05) is 24.3 Å². The molecule has 5 nitrogen and oxygen atoms in total. The van der Waals surface area contributed by atoms with Gasteiger partial charge in [-0.05, 0) is 53.0 Å². The van der Waals surface area contributed by atoms with Crippen LogP contribution in [0.3, 0.4) is 0 Å². The fraction of sp³-hybridized carbons (Fsp3) is 0.222. The van der Waals surface area contributed by atoms with Gasteiger partial charge in [-0.25, -0.2) is 0 Å². The predicted octanol–water partition coefficient (Wildman–Crippen LogP) is 4.20. The number of amides is 1. The van der Waals surface area contributed by atoms with Gasteiger partial charge in [0, 0.05) is 11.0 Å². The molecule has 2 aromatic carbocycles. The number of hydrogen-bond acceptors (Lipinski definition) is 4. The van der Waals surface area contributed by atoms with Crippen molar-refractivity contribution in [2.75, 3.05) is 16.8 Å². The van der Waals surface area contributed by atoms with E-state index < -0.39 is 0 Å². The normalized spacial score (nSPS) is 17.4. The lowest BCUT2D eigenvalue weighted by Crippen LogP contribution is -2.40. The molecule has 1 atom stereocenters. The Kier molecular flexibility index (Phi) is 3.98. The lowest BCUT2D eigenvalue weighted by molar-refractivity contribution is -0.117. The second-order valence-electron chi connectivity index (χ2n) is 5.78. The standard InChI is InChI=1S/C18H16BrN3O2/c19-12-6-1-2-7-13(12)20-17(23)15-9-5-11-22(15)18-21-14-8-3-4-10-16(14)24-18/h1-4,6-8,10,15H,5,9,11H2,(H,20,23)/t15-/m1/s1. The van der Waals surface area contributed by atoms with Crippen molar-refractivity contribution < 1.29 is 9.21 Å². The number of benzene rings is 2. The third-order valence-corrected chi connectivity index (χ3v) is 4.91. The second-order valence-corrected chi connectivity index (χ2v) is 6.64. The van der Waals surface area contributed by atoms with Crippen LogP contribution in [0.1, 0.15) is 12.8 Å². The van der Waals surface area contributed by atoms with Crippen LogP contribution < -0.4 is 10.2 Å². The molecule has 0 spiro atoms. The molecular formula is C18H16BrN3O2. The van der Waals surface area contributed by atoms with Gasteiger partial charge in [0.25, 0.3) is 6.01 Å². The number of hydrogen-bond donors (Lipinski definition) is 1. The summed E-state index contributed by atoms with van der Waals surface area (Å²) in [6, 6.07) is 15.5. The number of anilines is 2. The molecule has 1 aliphatic rings. The molecule has 0 unspecified atom stereocenters. The Bertz CT molecular complexity index is 860. The molecule has 2 heterocycles. The van der Waals surface area contributed by atoms with Gasteiger partial charge < -0.3 is 14.6 Å². The first-order valence-corrected chi connectivity index (χ1v) is 8.69. The average molecular weight is 386 g/mol. The molecule has 6 heteroatoms. The van der Waals surface area contributed by atoms with E-state index in [2.05, 4.69) is 26.2 Å². The van der Waals surface area contributed by atoms with E-state index in [9.17, 15) is 4.79 Å². The number of halogens is 1. The molecule has 122 valence electrons. The average Bonchev–Trinajstić information content (AvgIpc) is 3.23. The van der Waals surface area contributed by atoms with E-state index in [1.165, 1.54) is 0 Å². The Hall–Kier alpha value is -2.34. The number of carbonyl (C=O) groups excluding carboxylic acids is 1. The van der Waals surface area contributed by atoms with Crippen LogP contribution in [-0.4, -0.2) is 23.5 Å². The number of aromatic nitrogens is 1. The predicted molar refractivity (Wildman–Crippen MR) is 97.1 cm³/mol. The van der Waals surface area contributed by atoms with Crippen molar-refractivity contribution >= 4 is 44.6 Å². The van der Waals surface area contributed by atoms with Crippen molar-refractivity contribution in [1.82, 2.24) is 4.98 Å². The van der Waals surface area contributed by atoms with E-state index in [1.807, 2.05) is 53.4 Å². The fourth-order valence-electron chi connectivity index (χ4n) is 3.03. The molecule has 3 aromatic rings. The topological polar surface area (TPSA) is 58.4 Å². The third-order valence-electron chi connectivity index (χ3n) is 4.22. The smallest absolute Gasteiger partial charge is 0.299 e. The zero-order valence-corrected chi connectivity index (χ0v) is 14.5. The zero-order chi connectivity index (χ0) is 16.5. The van der Waals surface area contributed by atoms with Gasteiger partial charge in [0.1, 0.15) is 11.6 Å². The summed E-state index contributed by atoms with van der Waals surface area (Å²) in [6.07, 6.45) is 1.72. The molecule has 1 aliphatic heterocycles. The summed E-state index contributed by atoms with van der Waals surface area (Å²) in [4.78, 5) is 19.2. The van der Waals surface area contributed by atoms with Crippen LogP contribution in [0, 0.1) is 0 Å². The first-order valence-electron chi connectivity index (χ1n) is 7.90. The highest BCUT2D eigenvalue weighted by Gasteiger charge is 2.34. The van der Waals surface area contributed by atoms with Gasteiger partial charge in [-0.15, -0.1) is 0 Å². The fourth-order valence-corrected chi connectivity index (χ4v) is 3.41. The highest BCUT2D eigenvalue weighted by molar-refractivity contribution is 9.10. The van der Waals surface area contributed by atoms with E-state index in [1.54, 1.807) is 0 Å². The molecular weight excluding hydrogens is 370 g/mol. The van der Waals surface area contributed by atoms with E-state index >= 15 is 0 Å². The number of rotatable bonds is 3. The Morgan fingerprint density at radius 3 is 2.83 bits per heavy atom. The summed E-state index contributed by atoms with van der Waals surface area (Å²) < 4.78 is 6.70. The molecule has 1 saturated heterocycles. The molecule has 0 aliphatic carbocycles. The van der Waals surface area contributed by atoms with Gasteiger partial charge in [-0.2, -0.15) is 4.98 Å². The number of para-hydroxylation sites is 3. The molecule has 24 heavy (non-hydrogen) atoms. The third kappa shape index (κ3) is 2.78. The van der Waals surface area contributed by atoms with E-state index in [4.69, 9.17) is 4.42 Å². The van der Waals surface area contributed by atoms with E-state index in [0.29, 0.717) is 6.01 Å². The Balaban J connectivity index is 1.58. The summed E-state index contributed by atoms with van der Waals surface area (Å²) in [6.45, 7) is 0.765. The second kappa shape index (κ2) is 6.28. The van der Waals surface area contributed by atoms with Crippen molar-refractivity contribution in [1.29, 1.82) is 0 Å². The molecule has 0 bridgehead atoms. The maximum absolute atomic E-state index is 12.7. The number of fused-ring (bicyclic) bond motifs is 1. The summed E-state index contributed by atoms with van der Waals surface area (Å²) in [7, 11) is 0. The lowest BCUT2D eigenvalue weighted by Gasteiger charge is -2.22. The SMILES string of the molecule is O=C(Nc1ccccc1Br)[C@H]1CCCN1c1nc2ccccc2o1. The highest BCUT2D eigenvalue weighted by Crippen LogP contribution is 2.29. The van der Waals surface area contributed by atoms with Crippen LogP contribution >= 0.6 is 15.9 Å². The van der Waals surface area contributed by atoms with Gasteiger partial charge in [0.2, 0.25) is 5.91 Å². The highest BCUT2D eigenvalue weighted by atomic mass is 79.9. The van der Waals surface area contributed by atoms with Crippen LogP contribution in [0.4, 0.5) is 11.7 Å². The summed E-state index contributed by atoms with van der Waals surface area (Å²) >= 11 is 3.46. The molecule has 1 aromatic heterocycles. The molecule has 0 saturated carbocycles. The number of carbonyl (C=O) groups is 1. The van der Waals surface area contributed by atoms with Crippen molar-refractivity contribution in [2.45, 2.75) is 18.9 Å². The molecule has 0 radical (unpaired) electrons. The van der Waals surface area contributed by atoms with Gasteiger partial charge in [0.15, 0.2) is 5.58 Å². The van der Waals surface area contributed by atoms with Gasteiger partial charge in [0.05, 0.1) is 5.69 Å². The van der Waals surface area contributed by atoms with Crippen molar-refractivity contribution in [3.8, 4) is 0 Å². The minimum Gasteiger partial charge on any atom is -0.423 e. The summed E-state index contributed by atoms with van der Waals surface area (Å²) in [5.41, 5.74) is 2.32. The first-order chi connectivity index (χ1) is 11.7. The van der Waals surface area contributed by atoms with Gasteiger partial charge in [-0.3, -0.25) is 4.79 Å². The van der Waals surface area contributed by atoms with Crippen LogP contribution in [-0.2, 0) is 4.79 Å². The van der Waals surface area contributed by atoms with Crippen molar-refractivity contribution in [3.63, 3.8) is 0 Å². The first kappa shape index (κ1) is 15.2. The summed E-state index contributed by atoms with van der Waals surface area (Å²) in [5.74, 6) is -0.0401. The lowest BCUT2D eigenvalue weighted by atomic mass is 10.2.